The van der Waals surface area contributed by atoms with Crippen LogP contribution in [0.2, 0.25) is 0 Å². The quantitative estimate of drug-likeness (QED) is 0.835. The van der Waals surface area contributed by atoms with E-state index >= 15 is 0 Å². The molecule has 0 radical (unpaired) electrons. The number of hydrogen-bond donors (Lipinski definition) is 1. The van der Waals surface area contributed by atoms with Crippen LogP contribution in [0.25, 0.3) is 0 Å². The maximum Gasteiger partial charge on any atom is 0.261 e. The van der Waals surface area contributed by atoms with Gasteiger partial charge in [0.1, 0.15) is 0 Å². The lowest BCUT2D eigenvalue weighted by Crippen LogP contribution is -2.32. The standard InChI is InChI=1S/C13H21NOS/c1-9(2)5-6-10(3)14-13(15)12-8-7-11(4)16-12/h7-10H,5-6H2,1-4H3,(H,14,15). The molecular weight excluding hydrogens is 218 g/mol. The molecule has 0 saturated heterocycles. The first kappa shape index (κ1) is 13.2. The second-order valence-electron chi connectivity index (χ2n) is 4.76. The van der Waals surface area contributed by atoms with Crippen molar-refractivity contribution in [3.63, 3.8) is 0 Å². The van der Waals surface area contributed by atoms with Crippen LogP contribution >= 0.6 is 11.3 Å². The highest BCUT2D eigenvalue weighted by atomic mass is 32.1. The first-order chi connectivity index (χ1) is 7.49. The van der Waals surface area contributed by atoms with E-state index in [2.05, 4.69) is 26.1 Å². The predicted molar refractivity (Wildman–Crippen MR) is 70.1 cm³/mol. The highest BCUT2D eigenvalue weighted by Gasteiger charge is 2.11. The minimum Gasteiger partial charge on any atom is -0.349 e. The van der Waals surface area contributed by atoms with Crippen molar-refractivity contribution in [2.75, 3.05) is 0 Å². The summed E-state index contributed by atoms with van der Waals surface area (Å²) in [6, 6.07) is 4.14. The van der Waals surface area contributed by atoms with Crippen molar-refractivity contribution in [1.82, 2.24) is 5.32 Å². The van der Waals surface area contributed by atoms with Crippen LogP contribution in [0.4, 0.5) is 0 Å². The zero-order chi connectivity index (χ0) is 12.1. The molecule has 0 fully saturated rings. The summed E-state index contributed by atoms with van der Waals surface area (Å²) in [5.41, 5.74) is 0. The van der Waals surface area contributed by atoms with E-state index in [0.29, 0.717) is 5.92 Å². The van der Waals surface area contributed by atoms with Crippen molar-refractivity contribution in [1.29, 1.82) is 0 Å². The molecule has 1 heterocycles. The molecule has 1 amide bonds. The molecule has 3 heteroatoms. The Kier molecular flexibility index (Phi) is 5.00. The van der Waals surface area contributed by atoms with Gasteiger partial charge in [-0.2, -0.15) is 0 Å². The van der Waals surface area contributed by atoms with Crippen LogP contribution in [0.1, 0.15) is 48.2 Å². The van der Waals surface area contributed by atoms with Gasteiger partial charge in [0.05, 0.1) is 4.88 Å². The van der Waals surface area contributed by atoms with Crippen molar-refractivity contribution in [2.24, 2.45) is 5.92 Å². The van der Waals surface area contributed by atoms with Crippen LogP contribution < -0.4 is 5.32 Å². The number of rotatable bonds is 5. The molecular formula is C13H21NOS. The van der Waals surface area contributed by atoms with Crippen LogP contribution in [0, 0.1) is 12.8 Å². The van der Waals surface area contributed by atoms with Gasteiger partial charge in [-0.1, -0.05) is 13.8 Å². The van der Waals surface area contributed by atoms with Gasteiger partial charge in [0.2, 0.25) is 0 Å². The minimum absolute atomic E-state index is 0.0642. The third kappa shape index (κ3) is 4.35. The van der Waals surface area contributed by atoms with Gasteiger partial charge in [-0.05, 0) is 44.7 Å². The predicted octanol–water partition coefficient (Wildman–Crippen LogP) is 3.61. The summed E-state index contributed by atoms with van der Waals surface area (Å²) in [6.45, 7) is 8.50. The van der Waals surface area contributed by atoms with Crippen LogP contribution in [-0.2, 0) is 0 Å². The Morgan fingerprint density at radius 1 is 1.31 bits per heavy atom. The zero-order valence-electron chi connectivity index (χ0n) is 10.5. The lowest BCUT2D eigenvalue weighted by molar-refractivity contribution is 0.0941. The summed E-state index contributed by atoms with van der Waals surface area (Å²) in [5, 5.41) is 3.04. The zero-order valence-corrected chi connectivity index (χ0v) is 11.4. The molecule has 1 aromatic heterocycles. The normalized spacial score (nSPS) is 12.8. The van der Waals surface area contributed by atoms with E-state index in [0.717, 1.165) is 17.7 Å². The number of thiophene rings is 1. The molecule has 1 aromatic rings. The molecule has 16 heavy (non-hydrogen) atoms. The molecule has 1 rings (SSSR count). The lowest BCUT2D eigenvalue weighted by atomic mass is 10.0. The molecule has 1 unspecified atom stereocenters. The topological polar surface area (TPSA) is 29.1 Å². The van der Waals surface area contributed by atoms with Crippen LogP contribution in [0.5, 0.6) is 0 Å². The van der Waals surface area contributed by atoms with Crippen molar-refractivity contribution < 1.29 is 4.79 Å². The maximum atomic E-state index is 11.8. The number of aryl methyl sites for hydroxylation is 1. The van der Waals surface area contributed by atoms with Gasteiger partial charge < -0.3 is 5.32 Å². The fourth-order valence-electron chi connectivity index (χ4n) is 1.51. The van der Waals surface area contributed by atoms with E-state index in [1.807, 2.05) is 19.1 Å². The fraction of sp³-hybridized carbons (Fsp3) is 0.615. The average Bonchev–Trinajstić information content (AvgIpc) is 2.62. The number of carbonyl (C=O) groups excluding carboxylic acids is 1. The summed E-state index contributed by atoms with van der Waals surface area (Å²) in [6.07, 6.45) is 2.21. The second kappa shape index (κ2) is 6.04. The van der Waals surface area contributed by atoms with Crippen molar-refractivity contribution in [3.8, 4) is 0 Å². The molecule has 0 spiro atoms. The highest BCUT2D eigenvalue weighted by molar-refractivity contribution is 7.13. The van der Waals surface area contributed by atoms with E-state index in [9.17, 15) is 4.79 Å². The van der Waals surface area contributed by atoms with Crippen LogP contribution in [0.15, 0.2) is 12.1 Å². The molecule has 1 atom stereocenters. The van der Waals surface area contributed by atoms with E-state index in [1.165, 1.54) is 4.88 Å². The molecule has 0 saturated carbocycles. The first-order valence-corrected chi connectivity index (χ1v) is 6.68. The Labute approximate surface area is 102 Å². The third-order valence-electron chi connectivity index (χ3n) is 2.52. The van der Waals surface area contributed by atoms with E-state index < -0.39 is 0 Å². The third-order valence-corrected chi connectivity index (χ3v) is 3.52. The summed E-state index contributed by atoms with van der Waals surface area (Å²) in [5.74, 6) is 0.762. The van der Waals surface area contributed by atoms with Gasteiger partial charge in [0, 0.05) is 10.9 Å². The maximum absolute atomic E-state index is 11.8. The molecule has 1 N–H and O–H groups in total. The fourth-order valence-corrected chi connectivity index (χ4v) is 2.28. The monoisotopic (exact) mass is 239 g/mol. The SMILES string of the molecule is Cc1ccc(C(=O)NC(C)CCC(C)C)s1. The summed E-state index contributed by atoms with van der Waals surface area (Å²) in [7, 11) is 0. The number of carbonyl (C=O) groups is 1. The van der Waals surface area contributed by atoms with Crippen molar-refractivity contribution in [2.45, 2.75) is 46.6 Å². The lowest BCUT2D eigenvalue weighted by Gasteiger charge is -2.14. The summed E-state index contributed by atoms with van der Waals surface area (Å²) >= 11 is 1.55. The number of nitrogens with one attached hydrogen (secondary N) is 1. The number of amides is 1. The van der Waals surface area contributed by atoms with Crippen molar-refractivity contribution in [3.05, 3.63) is 21.9 Å². The van der Waals surface area contributed by atoms with Crippen molar-refractivity contribution >= 4 is 17.2 Å². The van der Waals surface area contributed by atoms with Gasteiger partial charge in [0.15, 0.2) is 0 Å². The van der Waals surface area contributed by atoms with E-state index in [-0.39, 0.29) is 11.9 Å². The molecule has 0 aliphatic heterocycles. The smallest absolute Gasteiger partial charge is 0.261 e. The molecule has 0 aromatic carbocycles. The van der Waals surface area contributed by atoms with Gasteiger partial charge >= 0.3 is 0 Å². The van der Waals surface area contributed by atoms with Gasteiger partial charge in [0.25, 0.3) is 5.91 Å². The summed E-state index contributed by atoms with van der Waals surface area (Å²) < 4.78 is 0. The van der Waals surface area contributed by atoms with Gasteiger partial charge in [-0.15, -0.1) is 11.3 Å². The Morgan fingerprint density at radius 2 is 2.00 bits per heavy atom. The second-order valence-corrected chi connectivity index (χ2v) is 6.04. The Hall–Kier alpha value is -0.830. The largest absolute Gasteiger partial charge is 0.349 e. The van der Waals surface area contributed by atoms with Crippen LogP contribution in [-0.4, -0.2) is 11.9 Å². The Bertz CT molecular complexity index is 343. The van der Waals surface area contributed by atoms with E-state index in [1.54, 1.807) is 11.3 Å². The molecule has 0 aliphatic carbocycles. The minimum atomic E-state index is 0.0642. The van der Waals surface area contributed by atoms with Crippen LogP contribution in [0.3, 0.4) is 0 Å². The molecule has 0 aliphatic rings. The van der Waals surface area contributed by atoms with E-state index in [4.69, 9.17) is 0 Å². The molecule has 2 nitrogen and oxygen atoms in total. The average molecular weight is 239 g/mol. The highest BCUT2D eigenvalue weighted by Crippen LogP contribution is 2.15. The number of hydrogen-bond acceptors (Lipinski definition) is 2. The molecule has 90 valence electrons. The first-order valence-electron chi connectivity index (χ1n) is 5.86. The Morgan fingerprint density at radius 3 is 2.50 bits per heavy atom. The Balaban J connectivity index is 2.39. The molecule has 0 bridgehead atoms. The van der Waals surface area contributed by atoms with Gasteiger partial charge in [-0.3, -0.25) is 4.79 Å². The summed E-state index contributed by atoms with van der Waals surface area (Å²) in [4.78, 5) is 13.8. The van der Waals surface area contributed by atoms with Gasteiger partial charge in [-0.25, -0.2) is 0 Å².